The number of aliphatic hydroxyl groups excluding tert-OH is 1. The Hall–Kier alpha value is -1.65. The number of aliphatic hydroxyl groups is 1. The van der Waals surface area contributed by atoms with E-state index >= 15 is 0 Å². The van der Waals surface area contributed by atoms with Gasteiger partial charge in [-0.15, -0.1) is 0 Å². The molecule has 2 rings (SSSR count). The van der Waals surface area contributed by atoms with Crippen LogP contribution in [0.4, 0.5) is 0 Å². The van der Waals surface area contributed by atoms with E-state index in [0.29, 0.717) is 12.5 Å². The topological polar surface area (TPSA) is 50.1 Å². The number of benzene rings is 1. The maximum absolute atomic E-state index is 9.87. The van der Waals surface area contributed by atoms with Crippen molar-refractivity contribution in [3.05, 3.63) is 47.8 Å². The van der Waals surface area contributed by atoms with Gasteiger partial charge in [0, 0.05) is 24.8 Å². The molecule has 0 saturated carbocycles. The lowest BCUT2D eigenvalue weighted by atomic mass is 10.1. The molecule has 114 valence electrons. The molecule has 4 heteroatoms. The zero-order valence-corrected chi connectivity index (χ0v) is 13.1. The Kier molecular flexibility index (Phi) is 5.53. The Bertz CT molecular complexity index is 548. The third-order valence-corrected chi connectivity index (χ3v) is 3.46. The van der Waals surface area contributed by atoms with E-state index in [2.05, 4.69) is 24.3 Å². The van der Waals surface area contributed by atoms with E-state index < -0.39 is 0 Å². The SMILES string of the molecule is Cc1nn(-c2ccccc2)cc1CNCC(O)CC(C)C. The van der Waals surface area contributed by atoms with E-state index in [0.717, 1.165) is 29.9 Å². The fourth-order valence-corrected chi connectivity index (χ4v) is 2.38. The molecule has 0 spiro atoms. The molecule has 0 aliphatic rings. The van der Waals surface area contributed by atoms with Crippen LogP contribution in [0.25, 0.3) is 5.69 Å². The average Bonchev–Trinajstić information content (AvgIpc) is 2.80. The summed E-state index contributed by atoms with van der Waals surface area (Å²) in [5.41, 5.74) is 3.24. The molecule has 1 unspecified atom stereocenters. The van der Waals surface area contributed by atoms with Gasteiger partial charge in [0.25, 0.3) is 0 Å². The van der Waals surface area contributed by atoms with Crippen molar-refractivity contribution in [3.8, 4) is 5.69 Å². The van der Waals surface area contributed by atoms with Crippen LogP contribution in [0.15, 0.2) is 36.5 Å². The van der Waals surface area contributed by atoms with Gasteiger partial charge in [0.1, 0.15) is 0 Å². The van der Waals surface area contributed by atoms with Gasteiger partial charge >= 0.3 is 0 Å². The molecule has 0 fully saturated rings. The number of nitrogens with zero attached hydrogens (tertiary/aromatic N) is 2. The molecule has 1 aromatic carbocycles. The Morgan fingerprint density at radius 1 is 1.24 bits per heavy atom. The summed E-state index contributed by atoms with van der Waals surface area (Å²) in [4.78, 5) is 0. The lowest BCUT2D eigenvalue weighted by molar-refractivity contribution is 0.146. The van der Waals surface area contributed by atoms with Gasteiger partial charge in [-0.05, 0) is 31.4 Å². The van der Waals surface area contributed by atoms with Crippen LogP contribution in [0, 0.1) is 12.8 Å². The second-order valence-electron chi connectivity index (χ2n) is 5.93. The molecule has 2 aromatic rings. The highest BCUT2D eigenvalue weighted by Gasteiger charge is 2.09. The number of nitrogens with one attached hydrogen (secondary N) is 1. The molecule has 0 saturated heterocycles. The minimum absolute atomic E-state index is 0.283. The van der Waals surface area contributed by atoms with Gasteiger partial charge in [-0.25, -0.2) is 4.68 Å². The van der Waals surface area contributed by atoms with Gasteiger partial charge in [-0.2, -0.15) is 5.10 Å². The molecule has 1 aromatic heterocycles. The number of hydrogen-bond donors (Lipinski definition) is 2. The van der Waals surface area contributed by atoms with Crippen molar-refractivity contribution in [1.82, 2.24) is 15.1 Å². The molecule has 21 heavy (non-hydrogen) atoms. The quantitative estimate of drug-likeness (QED) is 0.823. The van der Waals surface area contributed by atoms with Crippen LogP contribution in [0.3, 0.4) is 0 Å². The first-order valence-corrected chi connectivity index (χ1v) is 7.55. The monoisotopic (exact) mass is 287 g/mol. The second-order valence-corrected chi connectivity index (χ2v) is 5.93. The van der Waals surface area contributed by atoms with Gasteiger partial charge in [0.15, 0.2) is 0 Å². The zero-order valence-electron chi connectivity index (χ0n) is 13.1. The van der Waals surface area contributed by atoms with Gasteiger partial charge < -0.3 is 10.4 Å². The van der Waals surface area contributed by atoms with Crippen molar-refractivity contribution in [2.45, 2.75) is 39.8 Å². The van der Waals surface area contributed by atoms with E-state index in [-0.39, 0.29) is 6.10 Å². The highest BCUT2D eigenvalue weighted by atomic mass is 16.3. The van der Waals surface area contributed by atoms with E-state index in [9.17, 15) is 5.11 Å². The zero-order chi connectivity index (χ0) is 15.2. The lowest BCUT2D eigenvalue weighted by Crippen LogP contribution is -2.27. The molecule has 0 radical (unpaired) electrons. The summed E-state index contributed by atoms with van der Waals surface area (Å²) in [6.07, 6.45) is 2.59. The minimum Gasteiger partial charge on any atom is -0.392 e. The molecule has 1 atom stereocenters. The molecular weight excluding hydrogens is 262 g/mol. The van der Waals surface area contributed by atoms with Crippen LogP contribution in [-0.2, 0) is 6.54 Å². The van der Waals surface area contributed by atoms with E-state index in [4.69, 9.17) is 0 Å². The van der Waals surface area contributed by atoms with E-state index in [1.165, 1.54) is 0 Å². The summed E-state index contributed by atoms with van der Waals surface area (Å²) in [6, 6.07) is 10.1. The van der Waals surface area contributed by atoms with Gasteiger partial charge in [-0.3, -0.25) is 0 Å². The smallest absolute Gasteiger partial charge is 0.0667 e. The summed E-state index contributed by atoms with van der Waals surface area (Å²) in [7, 11) is 0. The average molecular weight is 287 g/mol. The lowest BCUT2D eigenvalue weighted by Gasteiger charge is -2.13. The van der Waals surface area contributed by atoms with Crippen molar-refractivity contribution in [3.63, 3.8) is 0 Å². The van der Waals surface area contributed by atoms with Crippen molar-refractivity contribution in [1.29, 1.82) is 0 Å². The highest BCUT2D eigenvalue weighted by molar-refractivity contribution is 5.32. The van der Waals surface area contributed by atoms with Gasteiger partial charge in [-0.1, -0.05) is 32.0 Å². The van der Waals surface area contributed by atoms with Crippen molar-refractivity contribution in [2.75, 3.05) is 6.54 Å². The fraction of sp³-hybridized carbons (Fsp3) is 0.471. The number of hydrogen-bond acceptors (Lipinski definition) is 3. The first-order chi connectivity index (χ1) is 10.1. The number of aryl methyl sites for hydroxylation is 1. The number of aromatic nitrogens is 2. The number of para-hydroxylation sites is 1. The largest absolute Gasteiger partial charge is 0.392 e. The molecule has 1 heterocycles. The third-order valence-electron chi connectivity index (χ3n) is 3.46. The molecule has 2 N–H and O–H groups in total. The summed E-state index contributed by atoms with van der Waals surface area (Å²) in [6.45, 7) is 7.61. The van der Waals surface area contributed by atoms with Crippen LogP contribution in [0.2, 0.25) is 0 Å². The van der Waals surface area contributed by atoms with Crippen molar-refractivity contribution >= 4 is 0 Å². The highest BCUT2D eigenvalue weighted by Crippen LogP contribution is 2.11. The first-order valence-electron chi connectivity index (χ1n) is 7.55. The number of rotatable bonds is 7. The predicted octanol–water partition coefficient (Wildman–Crippen LogP) is 2.68. The molecule has 0 amide bonds. The maximum Gasteiger partial charge on any atom is 0.0667 e. The van der Waals surface area contributed by atoms with Gasteiger partial charge in [0.2, 0.25) is 0 Å². The van der Waals surface area contributed by atoms with E-state index in [1.807, 2.05) is 48.1 Å². The van der Waals surface area contributed by atoms with Crippen LogP contribution < -0.4 is 5.32 Å². The Morgan fingerprint density at radius 2 is 1.95 bits per heavy atom. The molecule has 0 bridgehead atoms. The summed E-state index contributed by atoms with van der Waals surface area (Å²) >= 11 is 0. The molecule has 0 aliphatic heterocycles. The fourth-order valence-electron chi connectivity index (χ4n) is 2.38. The van der Waals surface area contributed by atoms with Crippen molar-refractivity contribution in [2.24, 2.45) is 5.92 Å². The van der Waals surface area contributed by atoms with Crippen molar-refractivity contribution < 1.29 is 5.11 Å². The third kappa shape index (κ3) is 4.69. The maximum atomic E-state index is 9.87. The normalized spacial score (nSPS) is 12.8. The minimum atomic E-state index is -0.283. The second kappa shape index (κ2) is 7.38. The van der Waals surface area contributed by atoms with E-state index in [1.54, 1.807) is 0 Å². The predicted molar refractivity (Wildman–Crippen MR) is 85.5 cm³/mol. The molecular formula is C17H25N3O. The first kappa shape index (κ1) is 15.7. The van der Waals surface area contributed by atoms with Crippen LogP contribution in [0.5, 0.6) is 0 Å². The van der Waals surface area contributed by atoms with Crippen LogP contribution in [0.1, 0.15) is 31.5 Å². The standard InChI is InChI=1S/C17H25N3O/c1-13(2)9-17(21)11-18-10-15-12-20(19-14(15)3)16-7-5-4-6-8-16/h4-8,12-13,17-18,21H,9-11H2,1-3H3. The van der Waals surface area contributed by atoms with Crippen LogP contribution in [-0.4, -0.2) is 27.5 Å². The summed E-state index contributed by atoms with van der Waals surface area (Å²) < 4.78 is 1.90. The molecule has 4 nitrogen and oxygen atoms in total. The van der Waals surface area contributed by atoms with Crippen LogP contribution >= 0.6 is 0 Å². The Labute approximate surface area is 126 Å². The Morgan fingerprint density at radius 3 is 2.62 bits per heavy atom. The van der Waals surface area contributed by atoms with Gasteiger partial charge in [0.05, 0.1) is 17.5 Å². The summed E-state index contributed by atoms with van der Waals surface area (Å²) in [5, 5.41) is 17.7. The molecule has 0 aliphatic carbocycles. The summed E-state index contributed by atoms with van der Waals surface area (Å²) in [5.74, 6) is 0.518. The Balaban J connectivity index is 1.91.